The maximum absolute atomic E-state index is 14.1. The number of amides is 3. The van der Waals surface area contributed by atoms with Crippen LogP contribution in [0.15, 0.2) is 120 Å². The number of anilines is 2. The quantitative estimate of drug-likeness (QED) is 0.0354. The first kappa shape index (κ1) is 37.7. The molecule has 1 atom stereocenters. The molecule has 0 bridgehead atoms. The summed E-state index contributed by atoms with van der Waals surface area (Å²) in [6.07, 6.45) is 4.83. The number of nitrogens with one attached hydrogen (secondary N) is 3. The van der Waals surface area contributed by atoms with Crippen molar-refractivity contribution in [2.45, 2.75) is 42.8 Å². The number of thiophene rings is 1. The third kappa shape index (κ3) is 9.11. The summed E-state index contributed by atoms with van der Waals surface area (Å²) in [5.41, 5.74) is 2.42. The number of hydrogen-bond acceptors (Lipinski definition) is 9. The Bertz CT molecular complexity index is 2220. The van der Waals surface area contributed by atoms with Crippen molar-refractivity contribution < 1.29 is 28.8 Å². The standard InChI is InChI=1S/C41H36N4O7S2/c1-2-52-41(49)35-31-21-10-12-23-34(31)54-40(35)44-39(48)36(26-14-5-3-6-15-26)53-30-20-13-19-29(25-30)42-38(47)32(43-37(46)27-16-7-4-8-17-27)24-28-18-9-11-22-33(28)45(50)51/h3-9,11,13-20,22,24-25,36H,2,10,12,21,23H2,1H3,(H,42,47)(H,43,46)(H,44,48)/b32-24+. The van der Waals surface area contributed by atoms with Crippen LogP contribution >= 0.6 is 23.1 Å². The molecule has 1 aromatic heterocycles. The van der Waals surface area contributed by atoms with Gasteiger partial charge in [0.15, 0.2) is 0 Å². The Balaban J connectivity index is 1.27. The maximum atomic E-state index is 14.1. The molecule has 54 heavy (non-hydrogen) atoms. The van der Waals surface area contributed by atoms with E-state index in [1.165, 1.54) is 47.4 Å². The minimum absolute atomic E-state index is 0.125. The number of nitro benzene ring substituents is 1. The number of carbonyl (C=O) groups is 4. The molecule has 5 aromatic rings. The van der Waals surface area contributed by atoms with Gasteiger partial charge in [0, 0.05) is 27.1 Å². The molecule has 0 saturated heterocycles. The summed E-state index contributed by atoms with van der Waals surface area (Å²) in [5.74, 6) is -2.07. The van der Waals surface area contributed by atoms with Crippen LogP contribution in [0.5, 0.6) is 0 Å². The van der Waals surface area contributed by atoms with Crippen LogP contribution in [0.1, 0.15) is 67.3 Å². The van der Waals surface area contributed by atoms with Crippen LogP contribution in [-0.4, -0.2) is 35.2 Å². The van der Waals surface area contributed by atoms with Crippen molar-refractivity contribution in [1.29, 1.82) is 0 Å². The van der Waals surface area contributed by atoms with E-state index in [9.17, 15) is 29.3 Å². The van der Waals surface area contributed by atoms with Gasteiger partial charge in [0.1, 0.15) is 15.9 Å². The second-order valence-electron chi connectivity index (χ2n) is 12.2. The van der Waals surface area contributed by atoms with Gasteiger partial charge in [-0.05, 0) is 86.2 Å². The third-order valence-electron chi connectivity index (χ3n) is 8.54. The van der Waals surface area contributed by atoms with E-state index in [2.05, 4.69) is 16.0 Å². The van der Waals surface area contributed by atoms with Gasteiger partial charge in [0.25, 0.3) is 17.5 Å². The van der Waals surface area contributed by atoms with Gasteiger partial charge in [0.05, 0.1) is 22.7 Å². The topological polar surface area (TPSA) is 157 Å². The van der Waals surface area contributed by atoms with E-state index in [0.717, 1.165) is 41.7 Å². The van der Waals surface area contributed by atoms with E-state index < -0.39 is 28.0 Å². The first-order chi connectivity index (χ1) is 26.2. The molecule has 274 valence electrons. The summed E-state index contributed by atoms with van der Waals surface area (Å²) in [5, 5.41) is 19.9. The van der Waals surface area contributed by atoms with Gasteiger partial charge in [-0.25, -0.2) is 4.79 Å². The number of esters is 1. The number of nitro groups is 1. The predicted octanol–water partition coefficient (Wildman–Crippen LogP) is 8.59. The van der Waals surface area contributed by atoms with Gasteiger partial charge < -0.3 is 20.7 Å². The molecule has 13 heteroatoms. The molecule has 1 aliphatic rings. The van der Waals surface area contributed by atoms with E-state index in [4.69, 9.17) is 4.74 Å². The lowest BCUT2D eigenvalue weighted by Crippen LogP contribution is -2.30. The van der Waals surface area contributed by atoms with Gasteiger partial charge in [-0.3, -0.25) is 24.5 Å². The number of rotatable bonds is 13. The second kappa shape index (κ2) is 17.6. The van der Waals surface area contributed by atoms with Crippen molar-refractivity contribution in [2.75, 3.05) is 17.2 Å². The molecular weight excluding hydrogens is 725 g/mol. The van der Waals surface area contributed by atoms with Gasteiger partial charge in [-0.15, -0.1) is 23.1 Å². The van der Waals surface area contributed by atoms with Crippen molar-refractivity contribution in [1.82, 2.24) is 5.32 Å². The summed E-state index contributed by atoms with van der Waals surface area (Å²) in [6, 6.07) is 30.3. The number of thioether (sulfide) groups is 1. The normalized spacial score (nSPS) is 12.9. The molecular formula is C41H36N4O7S2. The fraction of sp³-hybridized carbons (Fsp3) is 0.171. The highest BCUT2D eigenvalue weighted by Crippen LogP contribution is 2.41. The zero-order valence-corrected chi connectivity index (χ0v) is 30.8. The molecule has 1 aliphatic carbocycles. The Morgan fingerprint density at radius 2 is 1.59 bits per heavy atom. The summed E-state index contributed by atoms with van der Waals surface area (Å²) in [6.45, 7) is 1.97. The predicted molar refractivity (Wildman–Crippen MR) is 211 cm³/mol. The molecule has 4 aromatic carbocycles. The summed E-state index contributed by atoms with van der Waals surface area (Å²) in [4.78, 5) is 67.1. The monoisotopic (exact) mass is 760 g/mol. The number of benzene rings is 4. The van der Waals surface area contributed by atoms with Crippen molar-refractivity contribution in [3.63, 3.8) is 0 Å². The van der Waals surface area contributed by atoms with E-state index in [-0.39, 0.29) is 29.5 Å². The van der Waals surface area contributed by atoms with E-state index >= 15 is 0 Å². The first-order valence-electron chi connectivity index (χ1n) is 17.3. The Morgan fingerprint density at radius 1 is 0.889 bits per heavy atom. The van der Waals surface area contributed by atoms with E-state index in [1.807, 2.05) is 30.3 Å². The fourth-order valence-electron chi connectivity index (χ4n) is 6.01. The molecule has 0 fully saturated rings. The number of carbonyl (C=O) groups excluding carboxylic acids is 4. The highest BCUT2D eigenvalue weighted by Gasteiger charge is 2.30. The molecule has 6 rings (SSSR count). The largest absolute Gasteiger partial charge is 0.462 e. The van der Waals surface area contributed by atoms with Gasteiger partial charge in [-0.1, -0.05) is 66.7 Å². The highest BCUT2D eigenvalue weighted by molar-refractivity contribution is 8.00. The van der Waals surface area contributed by atoms with Gasteiger partial charge >= 0.3 is 5.97 Å². The smallest absolute Gasteiger partial charge is 0.341 e. The SMILES string of the molecule is CCOC(=O)c1c(NC(=O)C(Sc2cccc(NC(=O)/C(=C\c3ccccc3[N+](=O)[O-])NC(=O)c3ccccc3)c2)c2ccccc2)sc2c1CCCC2. The minimum Gasteiger partial charge on any atom is -0.462 e. The zero-order chi connectivity index (χ0) is 38.0. The van der Waals surface area contributed by atoms with Crippen LogP contribution in [0.4, 0.5) is 16.4 Å². The number of ether oxygens (including phenoxy) is 1. The molecule has 1 unspecified atom stereocenters. The molecule has 0 aliphatic heterocycles. The van der Waals surface area contributed by atoms with E-state index in [1.54, 1.807) is 67.6 Å². The first-order valence-corrected chi connectivity index (χ1v) is 19.0. The third-order valence-corrected chi connectivity index (χ3v) is 11.0. The second-order valence-corrected chi connectivity index (χ2v) is 14.5. The van der Waals surface area contributed by atoms with Crippen molar-refractivity contribution >= 4 is 69.2 Å². The van der Waals surface area contributed by atoms with Crippen LogP contribution < -0.4 is 16.0 Å². The number of hydrogen-bond donors (Lipinski definition) is 3. The number of para-hydroxylation sites is 1. The molecule has 0 radical (unpaired) electrons. The molecule has 3 N–H and O–H groups in total. The Morgan fingerprint density at radius 3 is 2.33 bits per heavy atom. The van der Waals surface area contributed by atoms with Crippen LogP contribution in [-0.2, 0) is 27.2 Å². The Labute approximate surface area is 320 Å². The maximum Gasteiger partial charge on any atom is 0.341 e. The average molecular weight is 761 g/mol. The molecule has 3 amide bonds. The molecule has 1 heterocycles. The average Bonchev–Trinajstić information content (AvgIpc) is 3.55. The van der Waals surface area contributed by atoms with Crippen LogP contribution in [0, 0.1) is 10.1 Å². The van der Waals surface area contributed by atoms with Crippen LogP contribution in [0.2, 0.25) is 0 Å². The minimum atomic E-state index is -0.745. The number of fused-ring (bicyclic) bond motifs is 1. The van der Waals surface area contributed by atoms with Crippen molar-refractivity contribution in [3.05, 3.63) is 158 Å². The lowest BCUT2D eigenvalue weighted by Gasteiger charge is -2.18. The highest BCUT2D eigenvalue weighted by atomic mass is 32.2. The van der Waals surface area contributed by atoms with Gasteiger partial charge in [0.2, 0.25) is 5.91 Å². The van der Waals surface area contributed by atoms with E-state index in [0.29, 0.717) is 26.7 Å². The van der Waals surface area contributed by atoms with Crippen LogP contribution in [0.25, 0.3) is 6.08 Å². The Kier molecular flexibility index (Phi) is 12.3. The summed E-state index contributed by atoms with van der Waals surface area (Å²) in [7, 11) is 0. The lowest BCUT2D eigenvalue weighted by atomic mass is 9.95. The fourth-order valence-corrected chi connectivity index (χ4v) is 8.37. The number of aryl methyl sites for hydroxylation is 1. The number of nitrogens with zero attached hydrogens (tertiary/aromatic N) is 1. The van der Waals surface area contributed by atoms with Gasteiger partial charge in [-0.2, -0.15) is 0 Å². The zero-order valence-electron chi connectivity index (χ0n) is 29.2. The molecule has 0 spiro atoms. The lowest BCUT2D eigenvalue weighted by molar-refractivity contribution is -0.385. The van der Waals surface area contributed by atoms with Crippen LogP contribution in [0.3, 0.4) is 0 Å². The summed E-state index contributed by atoms with van der Waals surface area (Å²) >= 11 is 2.68. The molecule has 11 nitrogen and oxygen atoms in total. The van der Waals surface area contributed by atoms with Crippen molar-refractivity contribution in [3.8, 4) is 0 Å². The molecule has 0 saturated carbocycles. The summed E-state index contributed by atoms with van der Waals surface area (Å²) < 4.78 is 5.39. The van der Waals surface area contributed by atoms with Crippen molar-refractivity contribution in [2.24, 2.45) is 0 Å². The Hall–Kier alpha value is -6.05.